The van der Waals surface area contributed by atoms with Gasteiger partial charge in [-0.05, 0) is 18.4 Å². The van der Waals surface area contributed by atoms with Crippen molar-refractivity contribution >= 4 is 37.3 Å². The second-order valence-corrected chi connectivity index (χ2v) is 5.57. The Bertz CT molecular complexity index is 782. The molecule has 0 amide bonds. The second kappa shape index (κ2) is 12.9. The van der Waals surface area contributed by atoms with E-state index in [9.17, 15) is 0 Å². The number of aryl methyl sites for hydroxylation is 1. The molecule has 4 rings (SSSR count). The van der Waals surface area contributed by atoms with Crippen molar-refractivity contribution in [2.75, 3.05) is 0 Å². The number of hydrogen-bond donors (Lipinski definition) is 0. The zero-order valence-corrected chi connectivity index (χ0v) is 21.3. The summed E-state index contributed by atoms with van der Waals surface area (Å²) in [4.78, 5) is 0. The number of rotatable bonds is 2. The van der Waals surface area contributed by atoms with E-state index in [4.69, 9.17) is 0 Å². The molecule has 0 radical (unpaired) electrons. The zero-order valence-electron chi connectivity index (χ0n) is 15.8. The number of fused-ring (bicyclic) bond motifs is 3. The summed E-state index contributed by atoms with van der Waals surface area (Å²) in [6.07, 6.45) is 9.77. The van der Waals surface area contributed by atoms with Gasteiger partial charge in [0.1, 0.15) is 0 Å². The van der Waals surface area contributed by atoms with Gasteiger partial charge in [-0.3, -0.25) is 0 Å². The van der Waals surface area contributed by atoms with Gasteiger partial charge in [-0.2, -0.15) is 0 Å². The van der Waals surface area contributed by atoms with E-state index in [2.05, 4.69) is 61.5 Å². The van der Waals surface area contributed by atoms with E-state index in [1.54, 1.807) is 23.3 Å². The van der Waals surface area contributed by atoms with Crippen LogP contribution >= 0.6 is 24.8 Å². The molecule has 0 N–H and O–H groups in total. The monoisotopic (exact) mass is 479 g/mol. The van der Waals surface area contributed by atoms with Crippen molar-refractivity contribution in [1.29, 1.82) is 0 Å². The predicted octanol–water partition coefficient (Wildman–Crippen LogP) is 5.79. The Morgan fingerprint density at radius 2 is 1.77 bits per heavy atom. The molecule has 0 spiro atoms. The summed E-state index contributed by atoms with van der Waals surface area (Å²) in [6.45, 7) is 4.19. The van der Waals surface area contributed by atoms with Gasteiger partial charge in [-0.25, -0.2) is 0 Å². The molecular weight excluding hydrogens is 454 g/mol. The van der Waals surface area contributed by atoms with Crippen molar-refractivity contribution in [2.45, 2.75) is 26.2 Å². The zero-order chi connectivity index (χ0) is 15.5. The summed E-state index contributed by atoms with van der Waals surface area (Å²) in [5.74, 6) is 0. The summed E-state index contributed by atoms with van der Waals surface area (Å²) in [7, 11) is 0. The first-order valence-corrected chi connectivity index (χ1v) is 13.7. The van der Waals surface area contributed by atoms with Crippen molar-refractivity contribution in [3.8, 4) is 11.1 Å². The molecule has 2 aliphatic rings. The Kier molecular flexibility index (Phi) is 13.8. The molecular formula is C22H27Cl2SiZr-3. The third-order valence-corrected chi connectivity index (χ3v) is 4.39. The van der Waals surface area contributed by atoms with Gasteiger partial charge < -0.3 is 14.9 Å². The Labute approximate surface area is 188 Å². The standard InChI is InChI=1S/C20H17.2CH3.2ClH.H2Si.Zr/c1-2-14-12-20-17(11-16-9-5-6-10-18(16)20)13-19(14)15-7-3-4-8-15;;;;;;/h3-7,9-10,12H,2,8,11H2,1H3;2*1H3;2*1H;1H2;/q3*-1;;;;. The van der Waals surface area contributed by atoms with E-state index in [1.807, 2.05) is 6.88 Å². The molecule has 0 aromatic heterocycles. The first kappa shape index (κ1) is 27.8. The van der Waals surface area contributed by atoms with Crippen LogP contribution in [0.15, 0.2) is 48.6 Å². The van der Waals surface area contributed by atoms with Crippen LogP contribution in [0.25, 0.3) is 16.7 Å². The summed E-state index contributed by atoms with van der Waals surface area (Å²) in [6, 6.07) is 14.9. The van der Waals surface area contributed by atoms with Gasteiger partial charge in [0.05, 0.1) is 0 Å². The molecule has 2 aliphatic carbocycles. The molecule has 0 heterocycles. The molecule has 0 fully saturated rings. The van der Waals surface area contributed by atoms with Crippen molar-refractivity contribution in [1.82, 2.24) is 0 Å². The fourth-order valence-corrected chi connectivity index (χ4v) is 3.34. The van der Waals surface area contributed by atoms with E-state index < -0.39 is 0 Å². The van der Waals surface area contributed by atoms with Crippen molar-refractivity contribution in [2.24, 2.45) is 0 Å². The topological polar surface area (TPSA) is 0 Å². The van der Waals surface area contributed by atoms with Crippen LogP contribution in [0, 0.1) is 20.9 Å². The van der Waals surface area contributed by atoms with Crippen LogP contribution in [0.4, 0.5) is 0 Å². The predicted molar refractivity (Wildman–Crippen MR) is 121 cm³/mol. The van der Waals surface area contributed by atoms with Gasteiger partial charge in [-0.1, -0.05) is 60.9 Å². The third kappa shape index (κ3) is 5.32. The SMILES string of the molecule is CCc1cc2c([c-]c1C1=CC=CC1)Cc1ccccc1-2.Cl.Cl.[CH3-].[CH3-].[SiH2]=[Zr]. The normalized spacial score (nSPS) is 11.8. The fraction of sp³-hybridized carbons (Fsp3) is 0.182. The van der Waals surface area contributed by atoms with E-state index in [-0.39, 0.29) is 39.7 Å². The Balaban J connectivity index is 0. The summed E-state index contributed by atoms with van der Waals surface area (Å²) in [5, 5.41) is 0. The van der Waals surface area contributed by atoms with Crippen LogP contribution in [-0.2, 0) is 36.2 Å². The van der Waals surface area contributed by atoms with Crippen molar-refractivity contribution < 1.29 is 23.3 Å². The van der Waals surface area contributed by atoms with Gasteiger partial charge in [0.2, 0.25) is 0 Å². The Morgan fingerprint density at radius 3 is 2.38 bits per heavy atom. The molecule has 2 aromatic carbocycles. The molecule has 4 heteroatoms. The first-order valence-electron chi connectivity index (χ1n) is 7.74. The average Bonchev–Trinajstić information content (AvgIpc) is 3.22. The van der Waals surface area contributed by atoms with Gasteiger partial charge in [0.25, 0.3) is 0 Å². The second-order valence-electron chi connectivity index (χ2n) is 5.57. The van der Waals surface area contributed by atoms with Crippen LogP contribution in [0.2, 0.25) is 0 Å². The molecule has 0 atom stereocenters. The number of hydrogen-bond acceptors (Lipinski definition) is 0. The van der Waals surface area contributed by atoms with E-state index in [0.717, 1.165) is 19.3 Å². The first-order chi connectivity index (χ1) is 10.9. The maximum atomic E-state index is 3.72. The van der Waals surface area contributed by atoms with Crippen LogP contribution in [-0.4, -0.2) is 6.88 Å². The minimum absolute atomic E-state index is 0. The Morgan fingerprint density at radius 1 is 1.08 bits per heavy atom. The van der Waals surface area contributed by atoms with Crippen LogP contribution in [0.5, 0.6) is 0 Å². The van der Waals surface area contributed by atoms with E-state index >= 15 is 0 Å². The molecule has 0 saturated carbocycles. The van der Waals surface area contributed by atoms with Crippen LogP contribution in [0.3, 0.4) is 0 Å². The number of benzene rings is 2. The molecule has 0 saturated heterocycles. The average molecular weight is 482 g/mol. The molecule has 0 aliphatic heterocycles. The maximum absolute atomic E-state index is 3.72. The van der Waals surface area contributed by atoms with Crippen molar-refractivity contribution in [3.05, 3.63) is 91.7 Å². The Hall–Kier alpha value is -0.400. The van der Waals surface area contributed by atoms with E-state index in [0.29, 0.717) is 0 Å². The third-order valence-electron chi connectivity index (χ3n) is 4.39. The molecule has 2 aromatic rings. The minimum atomic E-state index is 0. The molecule has 0 unspecified atom stereocenters. The summed E-state index contributed by atoms with van der Waals surface area (Å²) >= 11 is 1.58. The van der Waals surface area contributed by atoms with E-state index in [1.165, 1.54) is 39.0 Å². The van der Waals surface area contributed by atoms with Gasteiger partial charge in [0, 0.05) is 0 Å². The van der Waals surface area contributed by atoms with Gasteiger partial charge >= 0.3 is 30.2 Å². The van der Waals surface area contributed by atoms with Gasteiger partial charge in [0.15, 0.2) is 0 Å². The molecule has 0 nitrogen and oxygen atoms in total. The number of allylic oxidation sites excluding steroid dienone is 4. The fourth-order valence-electron chi connectivity index (χ4n) is 3.34. The summed E-state index contributed by atoms with van der Waals surface area (Å²) < 4.78 is 0. The molecule has 26 heavy (non-hydrogen) atoms. The van der Waals surface area contributed by atoms with Crippen molar-refractivity contribution in [3.63, 3.8) is 0 Å². The number of halogens is 2. The van der Waals surface area contributed by atoms with Crippen LogP contribution in [0.1, 0.15) is 35.6 Å². The molecule has 0 bridgehead atoms. The van der Waals surface area contributed by atoms with Crippen LogP contribution < -0.4 is 0 Å². The quantitative estimate of drug-likeness (QED) is 0.321. The summed E-state index contributed by atoms with van der Waals surface area (Å²) in [5.41, 5.74) is 9.79. The van der Waals surface area contributed by atoms with Gasteiger partial charge in [-0.15, -0.1) is 65.3 Å². The molecule has 140 valence electrons.